The van der Waals surface area contributed by atoms with Crippen molar-refractivity contribution in [2.24, 2.45) is 0 Å². The zero-order valence-electron chi connectivity index (χ0n) is 17.4. The number of aliphatic hydroxyl groups is 1. The lowest BCUT2D eigenvalue weighted by molar-refractivity contribution is -0.116. The van der Waals surface area contributed by atoms with Crippen molar-refractivity contribution in [1.82, 2.24) is 4.57 Å². The molecule has 1 fully saturated rings. The van der Waals surface area contributed by atoms with E-state index in [9.17, 15) is 14.7 Å². The highest BCUT2D eigenvalue weighted by Gasteiger charge is 2.30. The summed E-state index contributed by atoms with van der Waals surface area (Å²) in [6.07, 6.45) is 7.19. The molecule has 0 unspecified atom stereocenters. The van der Waals surface area contributed by atoms with Crippen molar-refractivity contribution < 1.29 is 9.90 Å². The molecule has 1 heterocycles. The zero-order valence-corrected chi connectivity index (χ0v) is 18.2. The first-order valence-electron chi connectivity index (χ1n) is 10.8. The minimum absolute atomic E-state index is 0.117. The van der Waals surface area contributed by atoms with Crippen LogP contribution in [0.4, 0.5) is 5.69 Å². The summed E-state index contributed by atoms with van der Waals surface area (Å²) < 4.78 is 1.60. The van der Waals surface area contributed by atoms with Gasteiger partial charge in [-0.1, -0.05) is 49.1 Å². The molecule has 1 aromatic heterocycles. The predicted octanol–water partition coefficient (Wildman–Crippen LogP) is 4.92. The number of nitrogens with zero attached hydrogens (tertiary/aromatic N) is 1. The Labute approximate surface area is 186 Å². The highest BCUT2D eigenvalue weighted by molar-refractivity contribution is 6.30. The maximum Gasteiger partial charge on any atom is 0.258 e. The number of fused-ring (bicyclic) bond motifs is 1. The Bertz CT molecular complexity index is 1150. The molecule has 4 rings (SSSR count). The van der Waals surface area contributed by atoms with Gasteiger partial charge in [-0.05, 0) is 55.2 Å². The van der Waals surface area contributed by atoms with Crippen LogP contribution in [-0.4, -0.2) is 21.2 Å². The molecule has 1 amide bonds. The van der Waals surface area contributed by atoms with Crippen LogP contribution in [0.25, 0.3) is 10.8 Å². The summed E-state index contributed by atoms with van der Waals surface area (Å²) >= 11 is 6.01. The summed E-state index contributed by atoms with van der Waals surface area (Å²) in [6, 6.07) is 14.7. The fraction of sp³-hybridized carbons (Fsp3) is 0.360. The maximum absolute atomic E-state index is 13.1. The van der Waals surface area contributed by atoms with E-state index in [1.807, 2.05) is 24.3 Å². The van der Waals surface area contributed by atoms with Gasteiger partial charge >= 0.3 is 0 Å². The number of aryl methyl sites for hydroxylation is 1. The quantitative estimate of drug-likeness (QED) is 0.573. The monoisotopic (exact) mass is 438 g/mol. The van der Waals surface area contributed by atoms with Gasteiger partial charge < -0.3 is 15.0 Å². The maximum atomic E-state index is 13.1. The van der Waals surface area contributed by atoms with Crippen LogP contribution in [0, 0.1) is 0 Å². The number of carbonyl (C=O) groups excluding carboxylic acids is 1. The van der Waals surface area contributed by atoms with Crippen molar-refractivity contribution in [3.05, 3.63) is 75.7 Å². The second-order valence-electron chi connectivity index (χ2n) is 8.48. The molecule has 31 heavy (non-hydrogen) atoms. The number of pyridine rings is 1. The molecule has 1 aliphatic rings. The topological polar surface area (TPSA) is 71.3 Å². The van der Waals surface area contributed by atoms with Gasteiger partial charge in [0.25, 0.3) is 5.56 Å². The number of hydrogen-bond acceptors (Lipinski definition) is 3. The van der Waals surface area contributed by atoms with Crippen molar-refractivity contribution in [3.8, 4) is 0 Å². The highest BCUT2D eigenvalue weighted by atomic mass is 35.5. The van der Waals surface area contributed by atoms with Crippen LogP contribution in [0.1, 0.15) is 44.1 Å². The summed E-state index contributed by atoms with van der Waals surface area (Å²) in [5, 5.41) is 15.7. The van der Waals surface area contributed by atoms with E-state index in [2.05, 4.69) is 5.32 Å². The van der Waals surface area contributed by atoms with E-state index in [4.69, 9.17) is 11.6 Å². The van der Waals surface area contributed by atoms with E-state index in [0.717, 1.165) is 37.7 Å². The number of benzene rings is 2. The smallest absolute Gasteiger partial charge is 0.258 e. The molecule has 162 valence electrons. The predicted molar refractivity (Wildman–Crippen MR) is 125 cm³/mol. The zero-order chi connectivity index (χ0) is 21.8. The Morgan fingerprint density at radius 1 is 1.06 bits per heavy atom. The Kier molecular flexibility index (Phi) is 6.44. The lowest BCUT2D eigenvalue weighted by Gasteiger charge is -2.32. The molecular formula is C25H27ClN2O3. The first-order valence-corrected chi connectivity index (χ1v) is 11.2. The molecule has 2 N–H and O–H groups in total. The molecule has 0 saturated heterocycles. The summed E-state index contributed by atoms with van der Waals surface area (Å²) in [5.74, 6) is -0.117. The molecule has 0 spiro atoms. The molecule has 0 aliphatic heterocycles. The van der Waals surface area contributed by atoms with Crippen molar-refractivity contribution in [1.29, 1.82) is 0 Å². The molecule has 3 aromatic rings. The molecule has 2 aromatic carbocycles. The highest BCUT2D eigenvalue weighted by Crippen LogP contribution is 2.29. The van der Waals surface area contributed by atoms with E-state index >= 15 is 0 Å². The number of carbonyl (C=O) groups is 1. The molecule has 0 radical (unpaired) electrons. The van der Waals surface area contributed by atoms with E-state index in [1.165, 1.54) is 0 Å². The number of aromatic nitrogens is 1. The van der Waals surface area contributed by atoms with Crippen molar-refractivity contribution in [2.45, 2.75) is 57.1 Å². The standard InChI is InChI=1S/C25H27ClN2O3/c26-19-7-4-6-18(16-19)10-11-23(29)27-22-9-5-8-21-20(22)12-15-28(24(21)30)17-25(31)13-2-1-3-14-25/h4-9,12,15-16,31H,1-3,10-11,13-14,17H2,(H,27,29). The average Bonchev–Trinajstić information content (AvgIpc) is 2.75. The van der Waals surface area contributed by atoms with Gasteiger partial charge in [-0.25, -0.2) is 0 Å². The normalized spacial score (nSPS) is 15.7. The number of anilines is 1. The number of nitrogens with one attached hydrogen (secondary N) is 1. The van der Waals surface area contributed by atoms with Gasteiger partial charge in [0.05, 0.1) is 12.1 Å². The summed E-state index contributed by atoms with van der Waals surface area (Å²) in [7, 11) is 0. The third-order valence-electron chi connectivity index (χ3n) is 6.07. The summed E-state index contributed by atoms with van der Waals surface area (Å²) in [5.41, 5.74) is 0.659. The molecule has 1 aliphatic carbocycles. The Balaban J connectivity index is 1.50. The van der Waals surface area contributed by atoms with Crippen LogP contribution >= 0.6 is 11.6 Å². The first-order chi connectivity index (χ1) is 14.9. The number of amides is 1. The third kappa shape index (κ3) is 5.17. The molecule has 6 heteroatoms. The lowest BCUT2D eigenvalue weighted by atomic mass is 9.85. The molecule has 0 bridgehead atoms. The Morgan fingerprint density at radius 3 is 2.61 bits per heavy atom. The van der Waals surface area contributed by atoms with Gasteiger partial charge in [0.2, 0.25) is 5.91 Å². The van der Waals surface area contributed by atoms with E-state index in [1.54, 1.807) is 35.0 Å². The summed E-state index contributed by atoms with van der Waals surface area (Å²) in [4.78, 5) is 25.6. The number of hydrogen-bond donors (Lipinski definition) is 2. The largest absolute Gasteiger partial charge is 0.388 e. The molecule has 0 atom stereocenters. The summed E-state index contributed by atoms with van der Waals surface area (Å²) in [6.45, 7) is 0.304. The lowest BCUT2D eigenvalue weighted by Crippen LogP contribution is -2.39. The minimum atomic E-state index is -0.818. The van der Waals surface area contributed by atoms with Crippen molar-refractivity contribution in [2.75, 3.05) is 5.32 Å². The third-order valence-corrected chi connectivity index (χ3v) is 6.31. The van der Waals surface area contributed by atoms with Gasteiger partial charge in [-0.3, -0.25) is 9.59 Å². The van der Waals surface area contributed by atoms with Crippen LogP contribution < -0.4 is 10.9 Å². The van der Waals surface area contributed by atoms with Gasteiger partial charge in [-0.2, -0.15) is 0 Å². The second kappa shape index (κ2) is 9.25. The van der Waals surface area contributed by atoms with Gasteiger partial charge in [0.1, 0.15) is 0 Å². The van der Waals surface area contributed by atoms with E-state index in [-0.39, 0.29) is 11.5 Å². The number of halogens is 1. The SMILES string of the molecule is O=C(CCc1cccc(Cl)c1)Nc1cccc2c(=O)n(CC3(O)CCCCC3)ccc12. The van der Waals surface area contributed by atoms with Gasteiger partial charge in [-0.15, -0.1) is 0 Å². The Morgan fingerprint density at radius 2 is 1.84 bits per heavy atom. The molecule has 1 saturated carbocycles. The second-order valence-corrected chi connectivity index (χ2v) is 8.92. The van der Waals surface area contributed by atoms with Gasteiger partial charge in [0.15, 0.2) is 0 Å². The van der Waals surface area contributed by atoms with Crippen molar-refractivity contribution in [3.63, 3.8) is 0 Å². The van der Waals surface area contributed by atoms with E-state index < -0.39 is 5.60 Å². The first kappa shape index (κ1) is 21.6. The number of rotatable bonds is 6. The van der Waals surface area contributed by atoms with Crippen LogP contribution in [-0.2, 0) is 17.8 Å². The molecule has 5 nitrogen and oxygen atoms in total. The van der Waals surface area contributed by atoms with Crippen molar-refractivity contribution >= 4 is 34.0 Å². The van der Waals surface area contributed by atoms with Crippen LogP contribution in [0.15, 0.2) is 59.5 Å². The van der Waals surface area contributed by atoms with Crippen LogP contribution in [0.5, 0.6) is 0 Å². The van der Waals surface area contributed by atoms with Crippen LogP contribution in [0.2, 0.25) is 5.02 Å². The van der Waals surface area contributed by atoms with Crippen LogP contribution in [0.3, 0.4) is 0 Å². The average molecular weight is 439 g/mol. The van der Waals surface area contributed by atoms with Gasteiger partial charge in [0, 0.05) is 34.1 Å². The fourth-order valence-electron chi connectivity index (χ4n) is 4.40. The van der Waals surface area contributed by atoms with E-state index in [0.29, 0.717) is 40.9 Å². The Hall–Kier alpha value is -2.63. The molecular weight excluding hydrogens is 412 g/mol. The fourth-order valence-corrected chi connectivity index (χ4v) is 4.61. The minimum Gasteiger partial charge on any atom is -0.388 e.